The second-order valence-electron chi connectivity index (χ2n) is 6.10. The van der Waals surface area contributed by atoms with Gasteiger partial charge in [-0.2, -0.15) is 0 Å². The second-order valence-corrected chi connectivity index (χ2v) is 6.10. The molecule has 3 N–H and O–H groups in total. The van der Waals surface area contributed by atoms with E-state index in [0.717, 1.165) is 25.7 Å². The molecular formula is C18H27N3O4. The van der Waals surface area contributed by atoms with Crippen molar-refractivity contribution >= 4 is 17.6 Å². The SMILES string of the molecule is COc1ccc(NC(=O)CCNC(=O)NC2CCCCC2)c(OC)c1. The summed E-state index contributed by atoms with van der Waals surface area (Å²) in [5, 5.41) is 8.47. The number of ether oxygens (including phenoxy) is 2. The molecule has 0 saturated heterocycles. The maximum absolute atomic E-state index is 12.0. The number of benzene rings is 1. The van der Waals surface area contributed by atoms with Crippen LogP contribution in [-0.2, 0) is 4.79 Å². The van der Waals surface area contributed by atoms with E-state index in [4.69, 9.17) is 9.47 Å². The molecule has 0 aliphatic heterocycles. The highest BCUT2D eigenvalue weighted by molar-refractivity contribution is 5.92. The van der Waals surface area contributed by atoms with E-state index >= 15 is 0 Å². The molecule has 0 spiro atoms. The van der Waals surface area contributed by atoms with E-state index in [2.05, 4.69) is 16.0 Å². The van der Waals surface area contributed by atoms with Crippen LogP contribution in [0.3, 0.4) is 0 Å². The van der Waals surface area contributed by atoms with Crippen molar-refractivity contribution in [2.75, 3.05) is 26.1 Å². The van der Waals surface area contributed by atoms with Crippen LogP contribution in [0.1, 0.15) is 38.5 Å². The lowest BCUT2D eigenvalue weighted by atomic mass is 9.96. The van der Waals surface area contributed by atoms with Gasteiger partial charge in [0.25, 0.3) is 0 Å². The van der Waals surface area contributed by atoms with Crippen molar-refractivity contribution in [1.82, 2.24) is 10.6 Å². The third-order valence-electron chi connectivity index (χ3n) is 4.26. The van der Waals surface area contributed by atoms with Gasteiger partial charge in [-0.05, 0) is 25.0 Å². The summed E-state index contributed by atoms with van der Waals surface area (Å²) in [5.41, 5.74) is 0.569. The van der Waals surface area contributed by atoms with E-state index in [9.17, 15) is 9.59 Å². The Kier molecular flexibility index (Phi) is 7.37. The highest BCUT2D eigenvalue weighted by Gasteiger charge is 2.15. The van der Waals surface area contributed by atoms with Crippen LogP contribution in [0.15, 0.2) is 18.2 Å². The van der Waals surface area contributed by atoms with Crippen molar-refractivity contribution in [1.29, 1.82) is 0 Å². The maximum Gasteiger partial charge on any atom is 0.315 e. The second kappa shape index (κ2) is 9.76. The molecule has 1 fully saturated rings. The average Bonchev–Trinajstić information content (AvgIpc) is 2.62. The normalized spacial score (nSPS) is 14.5. The van der Waals surface area contributed by atoms with E-state index in [1.54, 1.807) is 25.3 Å². The van der Waals surface area contributed by atoms with E-state index in [1.165, 1.54) is 13.5 Å². The van der Waals surface area contributed by atoms with Crippen LogP contribution in [0.25, 0.3) is 0 Å². The highest BCUT2D eigenvalue weighted by Crippen LogP contribution is 2.29. The van der Waals surface area contributed by atoms with Crippen LogP contribution in [0.2, 0.25) is 0 Å². The highest BCUT2D eigenvalue weighted by atomic mass is 16.5. The minimum absolute atomic E-state index is 0.188. The number of rotatable bonds is 7. The van der Waals surface area contributed by atoms with Gasteiger partial charge in [-0.25, -0.2) is 4.79 Å². The van der Waals surface area contributed by atoms with Crippen LogP contribution in [-0.4, -0.2) is 38.7 Å². The molecule has 7 nitrogen and oxygen atoms in total. The summed E-state index contributed by atoms with van der Waals surface area (Å²) < 4.78 is 10.4. The first-order valence-electron chi connectivity index (χ1n) is 8.68. The molecule has 3 amide bonds. The molecule has 0 unspecified atom stereocenters. The lowest BCUT2D eigenvalue weighted by molar-refractivity contribution is -0.116. The van der Waals surface area contributed by atoms with Crippen LogP contribution in [0, 0.1) is 0 Å². The molecular weight excluding hydrogens is 322 g/mol. The van der Waals surface area contributed by atoms with Crippen molar-refractivity contribution in [2.45, 2.75) is 44.6 Å². The first-order valence-corrected chi connectivity index (χ1v) is 8.68. The number of hydrogen-bond acceptors (Lipinski definition) is 4. The average molecular weight is 349 g/mol. The van der Waals surface area contributed by atoms with Gasteiger partial charge < -0.3 is 25.4 Å². The van der Waals surface area contributed by atoms with Crippen molar-refractivity contribution in [2.24, 2.45) is 0 Å². The molecule has 1 aromatic rings. The zero-order chi connectivity index (χ0) is 18.1. The van der Waals surface area contributed by atoms with Crippen molar-refractivity contribution in [3.8, 4) is 11.5 Å². The number of anilines is 1. The quantitative estimate of drug-likeness (QED) is 0.706. The fourth-order valence-corrected chi connectivity index (χ4v) is 2.89. The van der Waals surface area contributed by atoms with Gasteiger partial charge in [0.2, 0.25) is 5.91 Å². The van der Waals surface area contributed by atoms with Gasteiger partial charge >= 0.3 is 6.03 Å². The lowest BCUT2D eigenvalue weighted by Crippen LogP contribution is -2.43. The van der Waals surface area contributed by atoms with Crippen molar-refractivity contribution in [3.05, 3.63) is 18.2 Å². The van der Waals surface area contributed by atoms with Gasteiger partial charge in [-0.1, -0.05) is 19.3 Å². The van der Waals surface area contributed by atoms with E-state index in [0.29, 0.717) is 17.2 Å². The Morgan fingerprint density at radius 2 is 1.88 bits per heavy atom. The summed E-state index contributed by atoms with van der Waals surface area (Å²) in [6.45, 7) is 0.281. The lowest BCUT2D eigenvalue weighted by Gasteiger charge is -2.22. The van der Waals surface area contributed by atoms with Gasteiger partial charge in [-0.3, -0.25) is 4.79 Å². The molecule has 0 heterocycles. The fourth-order valence-electron chi connectivity index (χ4n) is 2.89. The number of amides is 3. The number of methoxy groups -OCH3 is 2. The molecule has 138 valence electrons. The summed E-state index contributed by atoms with van der Waals surface area (Å²) in [7, 11) is 3.10. The van der Waals surface area contributed by atoms with E-state index < -0.39 is 0 Å². The number of nitrogens with one attached hydrogen (secondary N) is 3. The van der Waals surface area contributed by atoms with Crippen LogP contribution in [0.4, 0.5) is 10.5 Å². The Bertz CT molecular complexity index is 586. The molecule has 0 bridgehead atoms. The predicted octanol–water partition coefficient (Wildman–Crippen LogP) is 2.66. The number of carbonyl (C=O) groups excluding carboxylic acids is 2. The molecule has 0 atom stereocenters. The molecule has 7 heteroatoms. The summed E-state index contributed by atoms with van der Waals surface area (Å²) in [6.07, 6.45) is 5.83. The van der Waals surface area contributed by atoms with Crippen LogP contribution < -0.4 is 25.4 Å². The largest absolute Gasteiger partial charge is 0.497 e. The Balaban J connectivity index is 1.72. The smallest absolute Gasteiger partial charge is 0.315 e. The molecule has 1 aromatic carbocycles. The summed E-state index contributed by atoms with van der Waals surface area (Å²) >= 11 is 0. The maximum atomic E-state index is 12.0. The van der Waals surface area contributed by atoms with Crippen molar-refractivity contribution in [3.63, 3.8) is 0 Å². The van der Waals surface area contributed by atoms with Gasteiger partial charge in [0.15, 0.2) is 0 Å². The standard InChI is InChI=1S/C18H27N3O4/c1-24-14-8-9-15(16(12-14)25-2)21-17(22)10-11-19-18(23)20-13-6-4-3-5-7-13/h8-9,12-13H,3-7,10-11H2,1-2H3,(H,21,22)(H2,19,20,23). The van der Waals surface area contributed by atoms with Gasteiger partial charge in [0, 0.05) is 25.1 Å². The molecule has 0 aromatic heterocycles. The zero-order valence-corrected chi connectivity index (χ0v) is 14.9. The van der Waals surface area contributed by atoms with Gasteiger partial charge in [0.1, 0.15) is 11.5 Å². The number of urea groups is 1. The Labute approximate surface area is 148 Å². The van der Waals surface area contributed by atoms with Crippen LogP contribution >= 0.6 is 0 Å². The molecule has 25 heavy (non-hydrogen) atoms. The first-order chi connectivity index (χ1) is 12.1. The summed E-state index contributed by atoms with van der Waals surface area (Å²) in [5.74, 6) is 0.980. The molecule has 1 aliphatic rings. The molecule has 1 saturated carbocycles. The summed E-state index contributed by atoms with van der Waals surface area (Å²) in [4.78, 5) is 23.9. The molecule has 1 aliphatic carbocycles. The first kappa shape index (κ1) is 18.9. The molecule has 0 radical (unpaired) electrons. The number of carbonyl (C=O) groups is 2. The third kappa shape index (κ3) is 6.17. The van der Waals surface area contributed by atoms with Gasteiger partial charge in [0.05, 0.1) is 19.9 Å². The Hall–Kier alpha value is -2.44. The monoisotopic (exact) mass is 349 g/mol. The fraction of sp³-hybridized carbons (Fsp3) is 0.556. The van der Waals surface area contributed by atoms with E-state index in [1.807, 2.05) is 0 Å². The Morgan fingerprint density at radius 1 is 1.12 bits per heavy atom. The zero-order valence-electron chi connectivity index (χ0n) is 14.9. The Morgan fingerprint density at radius 3 is 2.56 bits per heavy atom. The third-order valence-corrected chi connectivity index (χ3v) is 4.26. The minimum Gasteiger partial charge on any atom is -0.497 e. The number of hydrogen-bond donors (Lipinski definition) is 3. The molecule has 2 rings (SSSR count). The predicted molar refractivity (Wildman–Crippen MR) is 96.2 cm³/mol. The summed E-state index contributed by atoms with van der Waals surface area (Å²) in [6, 6.07) is 5.21. The minimum atomic E-state index is -0.207. The van der Waals surface area contributed by atoms with E-state index in [-0.39, 0.29) is 30.9 Å². The topological polar surface area (TPSA) is 88.7 Å². The van der Waals surface area contributed by atoms with Crippen molar-refractivity contribution < 1.29 is 19.1 Å². The van der Waals surface area contributed by atoms with Gasteiger partial charge in [-0.15, -0.1) is 0 Å². The van der Waals surface area contributed by atoms with Crippen LogP contribution in [0.5, 0.6) is 11.5 Å².